The predicted molar refractivity (Wildman–Crippen MR) is 122 cm³/mol. The van der Waals surface area contributed by atoms with Crippen LogP contribution in [0.1, 0.15) is 37.8 Å². The van der Waals surface area contributed by atoms with Crippen LogP contribution in [0.5, 0.6) is 5.75 Å². The van der Waals surface area contributed by atoms with Crippen LogP contribution in [0.25, 0.3) is 0 Å². The molecule has 0 radical (unpaired) electrons. The van der Waals surface area contributed by atoms with Gasteiger partial charge in [0, 0.05) is 11.7 Å². The van der Waals surface area contributed by atoms with E-state index in [0.29, 0.717) is 12.8 Å². The minimum Gasteiger partial charge on any atom is -0.497 e. The summed E-state index contributed by atoms with van der Waals surface area (Å²) in [5.41, 5.74) is 1.98. The van der Waals surface area contributed by atoms with Crippen molar-refractivity contribution in [3.05, 3.63) is 59.7 Å². The molecule has 2 aromatic carbocycles. The zero-order valence-corrected chi connectivity index (χ0v) is 18.8. The molecule has 2 aliphatic heterocycles. The summed E-state index contributed by atoms with van der Waals surface area (Å²) in [6.45, 7) is 3.46. The lowest BCUT2D eigenvalue weighted by Gasteiger charge is -2.36. The smallest absolute Gasteiger partial charge is 0.325 e. The highest BCUT2D eigenvalue weighted by Gasteiger charge is 2.48. The van der Waals surface area contributed by atoms with Gasteiger partial charge < -0.3 is 15.0 Å². The number of imide groups is 1. The Hall–Kier alpha value is -3.35. The molecule has 7 nitrogen and oxygen atoms in total. The summed E-state index contributed by atoms with van der Waals surface area (Å²) in [6.07, 6.45) is 2.82. The van der Waals surface area contributed by atoms with Gasteiger partial charge in [0.25, 0.3) is 5.91 Å². The molecule has 0 bridgehead atoms. The molecule has 168 valence electrons. The van der Waals surface area contributed by atoms with E-state index in [-0.39, 0.29) is 24.4 Å². The Morgan fingerprint density at radius 3 is 2.59 bits per heavy atom. The normalized spacial score (nSPS) is 22.5. The molecule has 2 heterocycles. The van der Waals surface area contributed by atoms with Gasteiger partial charge in [-0.05, 0) is 68.9 Å². The number of hydrogen-bond donors (Lipinski definition) is 1. The number of nitrogens with zero attached hydrogens (tertiary/aromatic N) is 2. The Morgan fingerprint density at radius 2 is 1.88 bits per heavy atom. The van der Waals surface area contributed by atoms with Crippen LogP contribution in [0, 0.1) is 0 Å². The Bertz CT molecular complexity index is 1040. The van der Waals surface area contributed by atoms with Crippen LogP contribution in [-0.2, 0) is 22.4 Å². The van der Waals surface area contributed by atoms with Crippen molar-refractivity contribution in [3.8, 4) is 5.75 Å². The third kappa shape index (κ3) is 4.07. The molecule has 2 unspecified atom stereocenters. The van der Waals surface area contributed by atoms with Gasteiger partial charge in [0.1, 0.15) is 17.8 Å². The van der Waals surface area contributed by atoms with Crippen LogP contribution in [0.15, 0.2) is 48.5 Å². The van der Waals surface area contributed by atoms with Gasteiger partial charge >= 0.3 is 6.03 Å². The van der Waals surface area contributed by atoms with Gasteiger partial charge in [-0.3, -0.25) is 14.5 Å². The highest BCUT2D eigenvalue weighted by molar-refractivity contribution is 6.10. The monoisotopic (exact) mass is 435 g/mol. The Morgan fingerprint density at radius 1 is 1.16 bits per heavy atom. The van der Waals surface area contributed by atoms with E-state index >= 15 is 0 Å². The number of anilines is 1. The molecular weight excluding hydrogens is 406 g/mol. The van der Waals surface area contributed by atoms with Crippen molar-refractivity contribution >= 4 is 23.5 Å². The van der Waals surface area contributed by atoms with Crippen molar-refractivity contribution in [2.75, 3.05) is 18.6 Å². The molecule has 1 fully saturated rings. The zero-order chi connectivity index (χ0) is 22.9. The van der Waals surface area contributed by atoms with Crippen LogP contribution < -0.4 is 15.0 Å². The molecule has 4 rings (SSSR count). The number of urea groups is 1. The summed E-state index contributed by atoms with van der Waals surface area (Å²) >= 11 is 0. The third-order valence-electron chi connectivity index (χ3n) is 6.50. The maximum atomic E-state index is 13.2. The maximum Gasteiger partial charge on any atom is 0.325 e. The van der Waals surface area contributed by atoms with Gasteiger partial charge in [-0.2, -0.15) is 0 Å². The molecule has 0 saturated carbocycles. The highest BCUT2D eigenvalue weighted by Crippen LogP contribution is 2.31. The Labute approximate surface area is 188 Å². The molecule has 0 spiro atoms. The maximum absolute atomic E-state index is 13.2. The quantitative estimate of drug-likeness (QED) is 0.706. The molecular formula is C25H29N3O4. The van der Waals surface area contributed by atoms with Crippen LogP contribution in [-0.4, -0.2) is 48.0 Å². The molecule has 4 amide bonds. The van der Waals surface area contributed by atoms with Gasteiger partial charge in [-0.25, -0.2) is 4.79 Å². The predicted octanol–water partition coefficient (Wildman–Crippen LogP) is 3.31. The van der Waals surface area contributed by atoms with Gasteiger partial charge in [0.15, 0.2) is 0 Å². The van der Waals surface area contributed by atoms with E-state index in [1.54, 1.807) is 18.9 Å². The van der Waals surface area contributed by atoms with Crippen molar-refractivity contribution < 1.29 is 19.1 Å². The molecule has 7 heteroatoms. The summed E-state index contributed by atoms with van der Waals surface area (Å²) in [5, 5.41) is 2.80. The number of hydrogen-bond acceptors (Lipinski definition) is 4. The molecule has 0 aliphatic carbocycles. The Balaban J connectivity index is 1.45. The van der Waals surface area contributed by atoms with Crippen molar-refractivity contribution in [3.63, 3.8) is 0 Å². The number of benzene rings is 2. The summed E-state index contributed by atoms with van der Waals surface area (Å²) in [7, 11) is 1.61. The van der Waals surface area contributed by atoms with E-state index in [1.165, 1.54) is 0 Å². The second-order valence-electron chi connectivity index (χ2n) is 8.78. The van der Waals surface area contributed by atoms with E-state index in [0.717, 1.165) is 40.3 Å². The standard InChI is InChI=1S/C25H29N3O4/c1-17-8-11-19-6-4-5-7-21(19)28(17)22(29)16-27-23(30)25(2,26-24(27)31)15-14-18-9-12-20(32-3)13-10-18/h4-7,9-10,12-13,17H,8,11,14-16H2,1-3H3,(H,26,31). The molecule has 1 N–H and O–H groups in total. The number of methoxy groups -OCH3 is 1. The summed E-state index contributed by atoms with van der Waals surface area (Å²) < 4.78 is 5.17. The van der Waals surface area contributed by atoms with E-state index in [9.17, 15) is 14.4 Å². The number of para-hydroxylation sites is 1. The first-order valence-electron chi connectivity index (χ1n) is 11.0. The molecule has 32 heavy (non-hydrogen) atoms. The molecule has 2 aliphatic rings. The van der Waals surface area contributed by atoms with Crippen molar-refractivity contribution in [1.29, 1.82) is 0 Å². The first kappa shape index (κ1) is 21.9. The number of carbonyl (C=O) groups excluding carboxylic acids is 3. The van der Waals surface area contributed by atoms with Crippen LogP contribution in [0.4, 0.5) is 10.5 Å². The highest BCUT2D eigenvalue weighted by atomic mass is 16.5. The topological polar surface area (TPSA) is 79.0 Å². The van der Waals surface area contributed by atoms with Gasteiger partial charge in [0.05, 0.1) is 7.11 Å². The first-order chi connectivity index (χ1) is 15.3. The van der Waals surface area contributed by atoms with Crippen molar-refractivity contribution in [2.24, 2.45) is 0 Å². The number of nitrogens with one attached hydrogen (secondary N) is 1. The largest absolute Gasteiger partial charge is 0.497 e. The number of amides is 4. The third-order valence-corrected chi connectivity index (χ3v) is 6.50. The molecule has 0 aromatic heterocycles. The van der Waals surface area contributed by atoms with E-state index in [1.807, 2.05) is 55.5 Å². The number of fused-ring (bicyclic) bond motifs is 1. The van der Waals surface area contributed by atoms with Crippen LogP contribution >= 0.6 is 0 Å². The van der Waals surface area contributed by atoms with Crippen molar-refractivity contribution in [1.82, 2.24) is 10.2 Å². The number of rotatable bonds is 6. The lowest BCUT2D eigenvalue weighted by Crippen LogP contribution is -2.49. The van der Waals surface area contributed by atoms with Crippen molar-refractivity contribution in [2.45, 2.75) is 51.1 Å². The van der Waals surface area contributed by atoms with Gasteiger partial charge in [0.2, 0.25) is 5.91 Å². The minimum absolute atomic E-state index is 0.0135. The van der Waals surface area contributed by atoms with Gasteiger partial charge in [-0.15, -0.1) is 0 Å². The van der Waals surface area contributed by atoms with Crippen LogP contribution in [0.2, 0.25) is 0 Å². The van der Waals surface area contributed by atoms with E-state index < -0.39 is 11.6 Å². The average Bonchev–Trinajstić information content (AvgIpc) is 3.01. The summed E-state index contributed by atoms with van der Waals surface area (Å²) in [4.78, 5) is 41.8. The fourth-order valence-electron chi connectivity index (χ4n) is 4.53. The summed E-state index contributed by atoms with van der Waals surface area (Å²) in [5.74, 6) is 0.165. The minimum atomic E-state index is -1.04. The molecule has 2 atom stereocenters. The lowest BCUT2D eigenvalue weighted by molar-refractivity contribution is -0.134. The fourth-order valence-corrected chi connectivity index (χ4v) is 4.53. The SMILES string of the molecule is COc1ccc(CCC2(C)NC(=O)N(CC(=O)N3c4ccccc4CCC3C)C2=O)cc1. The first-order valence-corrected chi connectivity index (χ1v) is 11.0. The number of carbonyl (C=O) groups is 3. The fraction of sp³-hybridized carbons (Fsp3) is 0.400. The number of ether oxygens (including phenoxy) is 1. The van der Waals surface area contributed by atoms with Crippen LogP contribution in [0.3, 0.4) is 0 Å². The summed E-state index contributed by atoms with van der Waals surface area (Å²) in [6, 6.07) is 14.9. The molecule has 2 aromatic rings. The van der Waals surface area contributed by atoms with Gasteiger partial charge in [-0.1, -0.05) is 30.3 Å². The zero-order valence-electron chi connectivity index (χ0n) is 18.8. The number of aryl methyl sites for hydroxylation is 2. The second kappa shape index (κ2) is 8.65. The average molecular weight is 436 g/mol. The molecule has 1 saturated heterocycles. The Kier molecular flexibility index (Phi) is 5.91. The van der Waals surface area contributed by atoms with E-state index in [4.69, 9.17) is 4.74 Å². The lowest BCUT2D eigenvalue weighted by atomic mass is 9.93. The second-order valence-corrected chi connectivity index (χ2v) is 8.78. The van der Waals surface area contributed by atoms with E-state index in [2.05, 4.69) is 5.32 Å².